The molecule has 1 aliphatic rings. The van der Waals surface area contributed by atoms with Crippen LogP contribution in [-0.2, 0) is 11.2 Å². The number of ether oxygens (including phenoxy) is 2. The van der Waals surface area contributed by atoms with Gasteiger partial charge in [-0.25, -0.2) is 0 Å². The van der Waals surface area contributed by atoms with Gasteiger partial charge in [0, 0.05) is 31.3 Å². The van der Waals surface area contributed by atoms with Gasteiger partial charge in [-0.3, -0.25) is 4.79 Å². The summed E-state index contributed by atoms with van der Waals surface area (Å²) in [6.07, 6.45) is 2.38. The highest BCUT2D eigenvalue weighted by molar-refractivity contribution is 5.76. The number of carbonyl (C=O) groups is 1. The van der Waals surface area contributed by atoms with E-state index in [0.717, 1.165) is 30.0 Å². The number of hydrogen-bond acceptors (Lipinski definition) is 4. The topological polar surface area (TPSA) is 59.6 Å². The van der Waals surface area contributed by atoms with Gasteiger partial charge in [-0.05, 0) is 30.5 Å². The SMILES string of the molecule is O=C(CCNc1ccc2c(c1)OCO2)NCCCc1ccccc1. The fraction of sp³-hybridized carbons (Fsp3) is 0.316. The van der Waals surface area contributed by atoms with Crippen molar-refractivity contribution in [1.82, 2.24) is 5.32 Å². The van der Waals surface area contributed by atoms with E-state index in [-0.39, 0.29) is 12.7 Å². The lowest BCUT2D eigenvalue weighted by Crippen LogP contribution is -2.26. The second kappa shape index (κ2) is 8.24. The first-order valence-electron chi connectivity index (χ1n) is 8.25. The van der Waals surface area contributed by atoms with Crippen LogP contribution < -0.4 is 20.1 Å². The van der Waals surface area contributed by atoms with Crippen LogP contribution in [-0.4, -0.2) is 25.8 Å². The molecule has 24 heavy (non-hydrogen) atoms. The molecule has 2 aromatic carbocycles. The van der Waals surface area contributed by atoms with Crippen LogP contribution in [0.1, 0.15) is 18.4 Å². The quantitative estimate of drug-likeness (QED) is 0.732. The molecule has 5 heteroatoms. The molecule has 1 amide bonds. The van der Waals surface area contributed by atoms with Crippen molar-refractivity contribution < 1.29 is 14.3 Å². The summed E-state index contributed by atoms with van der Waals surface area (Å²) >= 11 is 0. The maximum absolute atomic E-state index is 11.8. The molecule has 0 spiro atoms. The number of rotatable bonds is 8. The van der Waals surface area contributed by atoms with Gasteiger partial charge < -0.3 is 20.1 Å². The van der Waals surface area contributed by atoms with E-state index >= 15 is 0 Å². The average Bonchev–Trinajstić information content (AvgIpc) is 3.07. The molecule has 0 bridgehead atoms. The Morgan fingerprint density at radius 2 is 1.83 bits per heavy atom. The van der Waals surface area contributed by atoms with Crippen LogP contribution in [0.2, 0.25) is 0 Å². The molecule has 0 atom stereocenters. The van der Waals surface area contributed by atoms with Crippen molar-refractivity contribution in [2.75, 3.05) is 25.2 Å². The Bertz CT molecular complexity index is 674. The summed E-state index contributed by atoms with van der Waals surface area (Å²) in [7, 11) is 0. The van der Waals surface area contributed by atoms with Gasteiger partial charge in [0.1, 0.15) is 0 Å². The monoisotopic (exact) mass is 326 g/mol. The third kappa shape index (κ3) is 4.65. The fourth-order valence-corrected chi connectivity index (χ4v) is 2.58. The largest absolute Gasteiger partial charge is 0.454 e. The van der Waals surface area contributed by atoms with Crippen molar-refractivity contribution in [1.29, 1.82) is 0 Å². The molecule has 126 valence electrons. The van der Waals surface area contributed by atoms with Crippen LogP contribution in [0.3, 0.4) is 0 Å². The predicted octanol–water partition coefficient (Wildman–Crippen LogP) is 2.97. The van der Waals surface area contributed by atoms with Gasteiger partial charge in [0.15, 0.2) is 11.5 Å². The average molecular weight is 326 g/mol. The molecule has 0 unspecified atom stereocenters. The number of fused-ring (bicyclic) bond motifs is 1. The van der Waals surface area contributed by atoms with Gasteiger partial charge in [0.05, 0.1) is 0 Å². The molecule has 0 saturated carbocycles. The van der Waals surface area contributed by atoms with Crippen LogP contribution >= 0.6 is 0 Å². The molecule has 1 heterocycles. The molecule has 0 radical (unpaired) electrons. The summed E-state index contributed by atoms with van der Waals surface area (Å²) in [4.78, 5) is 11.8. The fourth-order valence-electron chi connectivity index (χ4n) is 2.58. The zero-order valence-corrected chi connectivity index (χ0v) is 13.6. The first kappa shape index (κ1) is 16.2. The van der Waals surface area contributed by atoms with Gasteiger partial charge >= 0.3 is 0 Å². The molecule has 5 nitrogen and oxygen atoms in total. The first-order valence-corrected chi connectivity index (χ1v) is 8.25. The zero-order valence-electron chi connectivity index (χ0n) is 13.6. The number of carbonyl (C=O) groups excluding carboxylic acids is 1. The molecule has 2 N–H and O–H groups in total. The van der Waals surface area contributed by atoms with Gasteiger partial charge in [-0.2, -0.15) is 0 Å². The minimum absolute atomic E-state index is 0.0660. The Hall–Kier alpha value is -2.69. The lowest BCUT2D eigenvalue weighted by Gasteiger charge is -2.08. The highest BCUT2D eigenvalue weighted by Crippen LogP contribution is 2.34. The Morgan fingerprint density at radius 3 is 2.71 bits per heavy atom. The van der Waals surface area contributed by atoms with Gasteiger partial charge in [0.2, 0.25) is 12.7 Å². The van der Waals surface area contributed by atoms with E-state index in [2.05, 4.69) is 22.8 Å². The van der Waals surface area contributed by atoms with Crippen LogP contribution in [0, 0.1) is 0 Å². The minimum Gasteiger partial charge on any atom is -0.454 e. The summed E-state index contributed by atoms with van der Waals surface area (Å²) < 4.78 is 10.6. The van der Waals surface area contributed by atoms with Gasteiger partial charge in [-0.1, -0.05) is 30.3 Å². The van der Waals surface area contributed by atoms with Gasteiger partial charge in [0.25, 0.3) is 0 Å². The lowest BCUT2D eigenvalue weighted by atomic mass is 10.1. The number of benzene rings is 2. The van der Waals surface area contributed by atoms with E-state index < -0.39 is 0 Å². The van der Waals surface area contributed by atoms with Crippen molar-refractivity contribution >= 4 is 11.6 Å². The smallest absolute Gasteiger partial charge is 0.231 e. The van der Waals surface area contributed by atoms with Crippen LogP contribution in [0.4, 0.5) is 5.69 Å². The number of nitrogens with one attached hydrogen (secondary N) is 2. The zero-order chi connectivity index (χ0) is 16.6. The second-order valence-corrected chi connectivity index (χ2v) is 5.68. The van der Waals surface area contributed by atoms with E-state index in [1.54, 1.807) is 0 Å². The van der Waals surface area contributed by atoms with E-state index in [1.807, 2.05) is 36.4 Å². The molecular weight excluding hydrogens is 304 g/mol. The van der Waals surface area contributed by atoms with Gasteiger partial charge in [-0.15, -0.1) is 0 Å². The van der Waals surface area contributed by atoms with Crippen molar-refractivity contribution in [2.45, 2.75) is 19.3 Å². The van der Waals surface area contributed by atoms with Crippen LogP contribution in [0.25, 0.3) is 0 Å². The maximum Gasteiger partial charge on any atom is 0.231 e. The molecule has 0 fully saturated rings. The van der Waals surface area contributed by atoms with E-state index in [9.17, 15) is 4.79 Å². The molecular formula is C19H22N2O3. The Morgan fingerprint density at radius 1 is 1.00 bits per heavy atom. The normalized spacial score (nSPS) is 12.0. The Balaban J connectivity index is 1.30. The van der Waals surface area contributed by atoms with Crippen molar-refractivity contribution in [3.05, 3.63) is 54.1 Å². The summed E-state index contributed by atoms with van der Waals surface area (Å²) in [6, 6.07) is 16.0. The van der Waals surface area contributed by atoms with E-state index in [0.29, 0.717) is 19.5 Å². The second-order valence-electron chi connectivity index (χ2n) is 5.68. The first-order chi connectivity index (χ1) is 11.8. The number of hydrogen-bond donors (Lipinski definition) is 2. The van der Waals surface area contributed by atoms with E-state index in [1.165, 1.54) is 5.56 Å². The molecule has 3 rings (SSSR count). The van der Waals surface area contributed by atoms with E-state index in [4.69, 9.17) is 9.47 Å². The molecule has 0 aromatic heterocycles. The maximum atomic E-state index is 11.8. The minimum atomic E-state index is 0.0660. The lowest BCUT2D eigenvalue weighted by molar-refractivity contribution is -0.120. The van der Waals surface area contributed by atoms with Crippen molar-refractivity contribution in [2.24, 2.45) is 0 Å². The summed E-state index contributed by atoms with van der Waals surface area (Å²) in [6.45, 7) is 1.56. The van der Waals surface area contributed by atoms with Crippen molar-refractivity contribution in [3.8, 4) is 11.5 Å². The standard InChI is InChI=1S/C19H22N2O3/c22-19(21-11-4-7-15-5-2-1-3-6-15)10-12-20-16-8-9-17-18(13-16)24-14-23-17/h1-3,5-6,8-9,13,20H,4,7,10-12,14H2,(H,21,22). The van der Waals surface area contributed by atoms with Crippen molar-refractivity contribution in [3.63, 3.8) is 0 Å². The molecule has 0 aliphatic carbocycles. The third-order valence-corrected chi connectivity index (χ3v) is 3.86. The number of anilines is 1. The molecule has 2 aromatic rings. The summed E-state index contributed by atoms with van der Waals surface area (Å²) in [5.74, 6) is 1.57. The summed E-state index contributed by atoms with van der Waals surface area (Å²) in [5, 5.41) is 6.18. The molecule has 0 saturated heterocycles. The highest BCUT2D eigenvalue weighted by Gasteiger charge is 2.13. The predicted molar refractivity (Wildman–Crippen MR) is 93.4 cm³/mol. The number of amides is 1. The van der Waals surface area contributed by atoms with Crippen LogP contribution in [0.15, 0.2) is 48.5 Å². The molecule has 1 aliphatic heterocycles. The highest BCUT2D eigenvalue weighted by atomic mass is 16.7. The van der Waals surface area contributed by atoms with Crippen LogP contribution in [0.5, 0.6) is 11.5 Å². The summed E-state index contributed by atoms with van der Waals surface area (Å²) in [5.41, 5.74) is 2.23. The Kier molecular flexibility index (Phi) is 5.56. The number of aryl methyl sites for hydroxylation is 1. The Labute approximate surface area is 142 Å². The third-order valence-electron chi connectivity index (χ3n) is 3.86.